The number of likely N-dealkylation sites (N-methyl/N-ethyl adjacent to an activating group) is 1. The maximum atomic E-state index is 13.3. The summed E-state index contributed by atoms with van der Waals surface area (Å²) in [7, 11) is 2.20. The van der Waals surface area contributed by atoms with Crippen LogP contribution in [0, 0.1) is 0 Å². The number of alkyl halides is 2. The SMILES string of the molecule is CN1CCN(C2CCN(c3cnc4c(-c5ccnc6ccc(C(F)F)cc56)cnn4c3)CC2)CC1. The van der Waals surface area contributed by atoms with Gasteiger partial charge in [0.1, 0.15) is 0 Å². The van der Waals surface area contributed by atoms with Crippen molar-refractivity contribution in [1.82, 2.24) is 29.4 Å². The van der Waals surface area contributed by atoms with Crippen LogP contribution in [-0.2, 0) is 0 Å². The molecule has 3 aromatic heterocycles. The van der Waals surface area contributed by atoms with Crippen molar-refractivity contribution in [2.45, 2.75) is 25.3 Å². The van der Waals surface area contributed by atoms with Crippen LogP contribution in [0.3, 0.4) is 0 Å². The average molecular weight is 478 g/mol. The highest BCUT2D eigenvalue weighted by Crippen LogP contribution is 2.33. The van der Waals surface area contributed by atoms with Gasteiger partial charge in [-0.25, -0.2) is 18.3 Å². The minimum atomic E-state index is -2.53. The molecule has 5 heterocycles. The van der Waals surface area contributed by atoms with Gasteiger partial charge in [-0.15, -0.1) is 0 Å². The van der Waals surface area contributed by atoms with Crippen LogP contribution in [-0.4, -0.2) is 81.7 Å². The van der Waals surface area contributed by atoms with Gasteiger partial charge in [0.2, 0.25) is 0 Å². The molecule has 0 atom stereocenters. The van der Waals surface area contributed by atoms with Gasteiger partial charge in [0, 0.05) is 68.0 Å². The third kappa shape index (κ3) is 4.23. The monoisotopic (exact) mass is 477 g/mol. The molecular formula is C26H29F2N7. The minimum absolute atomic E-state index is 0.0153. The summed E-state index contributed by atoms with van der Waals surface area (Å²) in [5.74, 6) is 0. The fourth-order valence-electron chi connectivity index (χ4n) is 5.43. The highest BCUT2D eigenvalue weighted by molar-refractivity contribution is 5.98. The second kappa shape index (κ2) is 9.13. The highest BCUT2D eigenvalue weighted by atomic mass is 19.3. The standard InChI is InChI=1S/C26H29F2N7/c1-32-10-12-34(13-11-32)19-5-8-33(9-6-19)20-15-30-26-23(16-31-35(26)17-20)21-4-7-29-24-3-2-18(25(27)28)14-22(21)24/h2-4,7,14-17,19,25H,5-6,8-13H2,1H3. The van der Waals surface area contributed by atoms with Gasteiger partial charge in [0.05, 0.1) is 29.8 Å². The Balaban J connectivity index is 1.24. The first-order chi connectivity index (χ1) is 17.1. The van der Waals surface area contributed by atoms with Crippen molar-refractivity contribution in [3.63, 3.8) is 0 Å². The molecular weight excluding hydrogens is 448 g/mol. The first kappa shape index (κ1) is 22.3. The van der Waals surface area contributed by atoms with Crippen molar-refractivity contribution in [2.24, 2.45) is 0 Å². The Hall–Kier alpha value is -3.17. The first-order valence-corrected chi connectivity index (χ1v) is 12.2. The van der Waals surface area contributed by atoms with Gasteiger partial charge in [-0.05, 0) is 43.7 Å². The third-order valence-corrected chi connectivity index (χ3v) is 7.53. The van der Waals surface area contributed by atoms with Gasteiger partial charge >= 0.3 is 0 Å². The maximum Gasteiger partial charge on any atom is 0.263 e. The number of aromatic nitrogens is 4. The van der Waals surface area contributed by atoms with Crippen LogP contribution in [0.1, 0.15) is 24.8 Å². The summed E-state index contributed by atoms with van der Waals surface area (Å²) in [6, 6.07) is 7.09. The van der Waals surface area contributed by atoms with Crippen LogP contribution >= 0.6 is 0 Å². The number of nitrogens with zero attached hydrogens (tertiary/aromatic N) is 7. The van der Waals surface area contributed by atoms with E-state index in [2.05, 4.69) is 31.8 Å². The Morgan fingerprint density at radius 1 is 0.914 bits per heavy atom. The smallest absolute Gasteiger partial charge is 0.263 e. The van der Waals surface area contributed by atoms with Gasteiger partial charge in [-0.1, -0.05) is 6.07 Å². The first-order valence-electron chi connectivity index (χ1n) is 12.2. The molecule has 2 fully saturated rings. The van der Waals surface area contributed by atoms with E-state index in [0.29, 0.717) is 22.6 Å². The molecule has 182 valence electrons. The number of hydrogen-bond acceptors (Lipinski definition) is 6. The lowest BCUT2D eigenvalue weighted by Crippen LogP contribution is -2.52. The van der Waals surface area contributed by atoms with E-state index in [1.807, 2.05) is 18.5 Å². The Bertz CT molecular complexity index is 1340. The molecule has 0 aliphatic carbocycles. The Labute approximate surface area is 203 Å². The summed E-state index contributed by atoms with van der Waals surface area (Å²) in [6.07, 6.45) is 7.17. The van der Waals surface area contributed by atoms with Crippen molar-refractivity contribution in [1.29, 1.82) is 0 Å². The van der Waals surface area contributed by atoms with Gasteiger partial charge in [-0.3, -0.25) is 9.88 Å². The minimum Gasteiger partial charge on any atom is -0.369 e. The molecule has 0 N–H and O–H groups in total. The molecule has 0 amide bonds. The van der Waals surface area contributed by atoms with Crippen molar-refractivity contribution in [2.75, 3.05) is 51.2 Å². The van der Waals surface area contributed by atoms with Crippen LogP contribution in [0.2, 0.25) is 0 Å². The number of piperidine rings is 1. The summed E-state index contributed by atoms with van der Waals surface area (Å²) >= 11 is 0. The number of benzene rings is 1. The van der Waals surface area contributed by atoms with Crippen LogP contribution in [0.5, 0.6) is 0 Å². The number of fused-ring (bicyclic) bond motifs is 2. The summed E-state index contributed by atoms with van der Waals surface area (Å²) in [5.41, 5.74) is 4.04. The fourth-order valence-corrected chi connectivity index (χ4v) is 5.43. The van der Waals surface area contributed by atoms with Crippen LogP contribution in [0.15, 0.2) is 49.1 Å². The van der Waals surface area contributed by atoms with Crippen molar-refractivity contribution in [3.8, 4) is 11.1 Å². The van der Waals surface area contributed by atoms with E-state index in [0.717, 1.165) is 68.9 Å². The molecule has 2 saturated heterocycles. The van der Waals surface area contributed by atoms with E-state index >= 15 is 0 Å². The van der Waals surface area contributed by atoms with Gasteiger partial charge in [0.25, 0.3) is 6.43 Å². The van der Waals surface area contributed by atoms with E-state index in [9.17, 15) is 8.78 Å². The molecule has 0 saturated carbocycles. The number of rotatable bonds is 4. The van der Waals surface area contributed by atoms with E-state index in [-0.39, 0.29) is 5.56 Å². The molecule has 35 heavy (non-hydrogen) atoms. The summed E-state index contributed by atoms with van der Waals surface area (Å²) < 4.78 is 28.5. The Morgan fingerprint density at radius 2 is 1.71 bits per heavy atom. The number of halogens is 2. The topological polar surface area (TPSA) is 52.8 Å². The Morgan fingerprint density at radius 3 is 2.49 bits per heavy atom. The fraction of sp³-hybridized carbons (Fsp3) is 0.423. The van der Waals surface area contributed by atoms with E-state index in [1.165, 1.54) is 12.1 Å². The second-order valence-electron chi connectivity index (χ2n) is 9.63. The van der Waals surface area contributed by atoms with E-state index < -0.39 is 6.43 Å². The molecule has 0 radical (unpaired) electrons. The number of pyridine rings is 1. The average Bonchev–Trinajstić information content (AvgIpc) is 3.31. The number of anilines is 1. The zero-order valence-corrected chi connectivity index (χ0v) is 19.8. The molecule has 0 unspecified atom stereocenters. The molecule has 1 aromatic carbocycles. The predicted octanol–water partition coefficient (Wildman–Crippen LogP) is 4.10. The van der Waals surface area contributed by atoms with Crippen molar-refractivity contribution >= 4 is 22.2 Å². The molecule has 2 aliphatic heterocycles. The summed E-state index contributed by atoms with van der Waals surface area (Å²) in [5, 5.41) is 5.23. The highest BCUT2D eigenvalue weighted by Gasteiger charge is 2.27. The molecule has 7 nitrogen and oxygen atoms in total. The number of hydrogen-bond donors (Lipinski definition) is 0. The lowest BCUT2D eigenvalue weighted by atomic mass is 10.0. The van der Waals surface area contributed by atoms with Crippen LogP contribution in [0.4, 0.5) is 14.5 Å². The predicted molar refractivity (Wildman–Crippen MR) is 133 cm³/mol. The summed E-state index contributed by atoms with van der Waals surface area (Å²) in [4.78, 5) is 16.5. The van der Waals surface area contributed by atoms with Gasteiger partial charge < -0.3 is 9.80 Å². The van der Waals surface area contributed by atoms with Crippen LogP contribution in [0.25, 0.3) is 27.7 Å². The number of piperazine rings is 1. The van der Waals surface area contributed by atoms with Crippen molar-refractivity contribution < 1.29 is 8.78 Å². The molecule has 4 aromatic rings. The van der Waals surface area contributed by atoms with E-state index in [1.54, 1.807) is 23.0 Å². The summed E-state index contributed by atoms with van der Waals surface area (Å²) in [6.45, 7) is 6.63. The zero-order valence-electron chi connectivity index (χ0n) is 19.8. The molecule has 6 rings (SSSR count). The normalized spacial score (nSPS) is 18.8. The zero-order chi connectivity index (χ0) is 23.9. The lowest BCUT2D eigenvalue weighted by molar-refractivity contribution is 0.0982. The van der Waals surface area contributed by atoms with Crippen molar-refractivity contribution in [3.05, 3.63) is 54.6 Å². The molecule has 9 heteroatoms. The van der Waals surface area contributed by atoms with Crippen LogP contribution < -0.4 is 4.90 Å². The quantitative estimate of drug-likeness (QED) is 0.441. The Kier molecular flexibility index (Phi) is 5.82. The molecule has 0 spiro atoms. The largest absolute Gasteiger partial charge is 0.369 e. The third-order valence-electron chi connectivity index (χ3n) is 7.53. The van der Waals surface area contributed by atoms with E-state index in [4.69, 9.17) is 4.98 Å². The van der Waals surface area contributed by atoms with Gasteiger partial charge in [0.15, 0.2) is 5.65 Å². The maximum absolute atomic E-state index is 13.3. The molecule has 0 bridgehead atoms. The lowest BCUT2D eigenvalue weighted by Gasteiger charge is -2.42. The van der Waals surface area contributed by atoms with Gasteiger partial charge in [-0.2, -0.15) is 5.10 Å². The molecule has 2 aliphatic rings. The second-order valence-corrected chi connectivity index (χ2v) is 9.63.